The van der Waals surface area contributed by atoms with Crippen LogP contribution in [0.1, 0.15) is 59.8 Å². The van der Waals surface area contributed by atoms with Crippen molar-refractivity contribution in [3.05, 3.63) is 0 Å². The molecule has 1 N–H and O–H groups in total. The van der Waals surface area contributed by atoms with Gasteiger partial charge in [-0.05, 0) is 37.8 Å². The van der Waals surface area contributed by atoms with Crippen molar-refractivity contribution < 1.29 is 0 Å². The fourth-order valence-corrected chi connectivity index (χ4v) is 2.93. The van der Waals surface area contributed by atoms with Crippen LogP contribution in [0.25, 0.3) is 0 Å². The number of unbranched alkanes of at least 4 members (excludes halogenated alkanes) is 1. The number of nitrogens with one attached hydrogen (secondary N) is 1. The fraction of sp³-hybridized carbons (Fsp3) is 1.00. The highest BCUT2D eigenvalue weighted by Gasteiger charge is 2.23. The minimum atomic E-state index is 0.631. The topological polar surface area (TPSA) is 15.3 Å². The van der Waals surface area contributed by atoms with Crippen LogP contribution in [-0.2, 0) is 0 Å². The van der Waals surface area contributed by atoms with Crippen LogP contribution in [0.2, 0.25) is 0 Å². The molecule has 1 heterocycles. The molecule has 0 aromatic carbocycles. The summed E-state index contributed by atoms with van der Waals surface area (Å²) in [6.07, 6.45) is 6.93. The molecular formula is C16H34N2. The molecule has 1 fully saturated rings. The summed E-state index contributed by atoms with van der Waals surface area (Å²) in [5.74, 6) is 1.82. The molecule has 0 radical (unpaired) electrons. The third kappa shape index (κ3) is 6.19. The molecule has 1 rings (SSSR count). The van der Waals surface area contributed by atoms with E-state index in [1.165, 1.54) is 58.3 Å². The van der Waals surface area contributed by atoms with Crippen molar-refractivity contribution in [1.29, 1.82) is 0 Å². The number of likely N-dealkylation sites (tertiary alicyclic amines) is 1. The third-order valence-electron chi connectivity index (χ3n) is 4.24. The third-order valence-corrected chi connectivity index (χ3v) is 4.24. The van der Waals surface area contributed by atoms with Crippen LogP contribution in [0, 0.1) is 11.8 Å². The average molecular weight is 254 g/mol. The van der Waals surface area contributed by atoms with Crippen LogP contribution >= 0.6 is 0 Å². The summed E-state index contributed by atoms with van der Waals surface area (Å²) in [6.45, 7) is 14.3. The van der Waals surface area contributed by atoms with Gasteiger partial charge in [-0.2, -0.15) is 0 Å². The molecule has 0 aromatic heterocycles. The predicted octanol–water partition coefficient (Wildman–Crippen LogP) is 3.52. The zero-order chi connectivity index (χ0) is 13.4. The lowest BCUT2D eigenvalue weighted by Gasteiger charge is -2.23. The maximum absolute atomic E-state index is 3.58. The zero-order valence-electron chi connectivity index (χ0n) is 13.0. The van der Waals surface area contributed by atoms with Gasteiger partial charge in [-0.3, -0.25) is 0 Å². The van der Waals surface area contributed by atoms with Crippen molar-refractivity contribution in [3.63, 3.8) is 0 Å². The highest BCUT2D eigenvalue weighted by molar-refractivity contribution is 4.79. The summed E-state index contributed by atoms with van der Waals surface area (Å²) in [4.78, 5) is 2.70. The Labute approximate surface area is 115 Å². The molecule has 108 valence electrons. The molecule has 1 saturated heterocycles. The van der Waals surface area contributed by atoms with Gasteiger partial charge in [0.1, 0.15) is 0 Å². The Kier molecular flexibility index (Phi) is 7.92. The standard InChI is InChI=1S/C16H34N2/c1-5-7-8-15(6-2)12-18-10-9-16(13-18)11-17-14(3)4/h14-17H,5-13H2,1-4H3. The summed E-state index contributed by atoms with van der Waals surface area (Å²) in [6, 6.07) is 0.631. The van der Waals surface area contributed by atoms with Crippen LogP contribution in [0.4, 0.5) is 0 Å². The Balaban J connectivity index is 2.19. The largest absolute Gasteiger partial charge is 0.314 e. The van der Waals surface area contributed by atoms with Gasteiger partial charge in [-0.25, -0.2) is 0 Å². The summed E-state index contributed by atoms with van der Waals surface area (Å²) in [5.41, 5.74) is 0. The lowest BCUT2D eigenvalue weighted by molar-refractivity contribution is 0.251. The first kappa shape index (κ1) is 16.0. The highest BCUT2D eigenvalue weighted by atomic mass is 15.2. The Morgan fingerprint density at radius 3 is 2.67 bits per heavy atom. The summed E-state index contributed by atoms with van der Waals surface area (Å²) < 4.78 is 0. The molecule has 0 amide bonds. The van der Waals surface area contributed by atoms with Crippen molar-refractivity contribution in [2.45, 2.75) is 65.8 Å². The van der Waals surface area contributed by atoms with Gasteiger partial charge in [-0.1, -0.05) is 47.0 Å². The second-order valence-corrected chi connectivity index (χ2v) is 6.39. The van der Waals surface area contributed by atoms with Gasteiger partial charge < -0.3 is 10.2 Å². The molecule has 2 atom stereocenters. The van der Waals surface area contributed by atoms with Crippen LogP contribution < -0.4 is 5.32 Å². The summed E-state index contributed by atoms with van der Waals surface area (Å²) in [5, 5.41) is 3.58. The van der Waals surface area contributed by atoms with E-state index < -0.39 is 0 Å². The van der Waals surface area contributed by atoms with E-state index in [0.29, 0.717) is 6.04 Å². The van der Waals surface area contributed by atoms with Crippen LogP contribution in [0.5, 0.6) is 0 Å². The van der Waals surface area contributed by atoms with Gasteiger partial charge >= 0.3 is 0 Å². The Hall–Kier alpha value is -0.0800. The minimum Gasteiger partial charge on any atom is -0.314 e. The number of rotatable bonds is 9. The van der Waals surface area contributed by atoms with E-state index in [9.17, 15) is 0 Å². The lowest BCUT2D eigenvalue weighted by Crippen LogP contribution is -2.32. The maximum Gasteiger partial charge on any atom is 0.00224 e. The van der Waals surface area contributed by atoms with Crippen molar-refractivity contribution in [3.8, 4) is 0 Å². The van der Waals surface area contributed by atoms with Gasteiger partial charge in [0.15, 0.2) is 0 Å². The monoisotopic (exact) mass is 254 g/mol. The maximum atomic E-state index is 3.58. The second kappa shape index (κ2) is 8.92. The molecule has 18 heavy (non-hydrogen) atoms. The Morgan fingerprint density at radius 1 is 1.28 bits per heavy atom. The van der Waals surface area contributed by atoms with E-state index in [0.717, 1.165) is 11.8 Å². The lowest BCUT2D eigenvalue weighted by atomic mass is 9.99. The number of hydrogen-bond acceptors (Lipinski definition) is 2. The van der Waals surface area contributed by atoms with Crippen molar-refractivity contribution in [2.75, 3.05) is 26.2 Å². The first-order valence-electron chi connectivity index (χ1n) is 8.11. The SMILES string of the molecule is CCCCC(CC)CN1CCC(CNC(C)C)C1. The molecule has 0 aliphatic carbocycles. The highest BCUT2D eigenvalue weighted by Crippen LogP contribution is 2.20. The van der Waals surface area contributed by atoms with Gasteiger partial charge in [-0.15, -0.1) is 0 Å². The minimum absolute atomic E-state index is 0.631. The van der Waals surface area contributed by atoms with Crippen LogP contribution in [-0.4, -0.2) is 37.1 Å². The van der Waals surface area contributed by atoms with E-state index >= 15 is 0 Å². The van der Waals surface area contributed by atoms with Gasteiger partial charge in [0.05, 0.1) is 0 Å². The molecule has 2 unspecified atom stereocenters. The molecule has 0 bridgehead atoms. The van der Waals surface area contributed by atoms with E-state index in [1.807, 2.05) is 0 Å². The van der Waals surface area contributed by atoms with Gasteiger partial charge in [0.2, 0.25) is 0 Å². The van der Waals surface area contributed by atoms with Crippen LogP contribution in [0.15, 0.2) is 0 Å². The predicted molar refractivity (Wildman–Crippen MR) is 81.0 cm³/mol. The molecule has 1 aliphatic heterocycles. The molecule has 0 spiro atoms. The first-order valence-corrected chi connectivity index (χ1v) is 8.11. The van der Waals surface area contributed by atoms with E-state index in [1.54, 1.807) is 0 Å². The second-order valence-electron chi connectivity index (χ2n) is 6.39. The summed E-state index contributed by atoms with van der Waals surface area (Å²) >= 11 is 0. The quantitative estimate of drug-likeness (QED) is 0.677. The zero-order valence-corrected chi connectivity index (χ0v) is 13.0. The fourth-order valence-electron chi connectivity index (χ4n) is 2.93. The van der Waals surface area contributed by atoms with Crippen molar-refractivity contribution in [1.82, 2.24) is 10.2 Å². The Bertz CT molecular complexity index is 203. The first-order chi connectivity index (χ1) is 8.65. The Morgan fingerprint density at radius 2 is 2.06 bits per heavy atom. The summed E-state index contributed by atoms with van der Waals surface area (Å²) in [7, 11) is 0. The molecule has 2 nitrogen and oxygen atoms in total. The van der Waals surface area contributed by atoms with Gasteiger partial charge in [0, 0.05) is 19.1 Å². The normalized spacial score (nSPS) is 22.8. The van der Waals surface area contributed by atoms with Crippen LogP contribution in [0.3, 0.4) is 0 Å². The van der Waals surface area contributed by atoms with Crippen molar-refractivity contribution >= 4 is 0 Å². The number of nitrogens with zero attached hydrogens (tertiary/aromatic N) is 1. The molecule has 2 heteroatoms. The number of hydrogen-bond donors (Lipinski definition) is 1. The molecular weight excluding hydrogens is 220 g/mol. The van der Waals surface area contributed by atoms with Gasteiger partial charge in [0.25, 0.3) is 0 Å². The van der Waals surface area contributed by atoms with E-state index in [-0.39, 0.29) is 0 Å². The molecule has 0 aromatic rings. The molecule has 1 aliphatic rings. The molecule has 0 saturated carbocycles. The smallest absolute Gasteiger partial charge is 0.00224 e. The average Bonchev–Trinajstić information content (AvgIpc) is 2.79. The van der Waals surface area contributed by atoms with Crippen molar-refractivity contribution in [2.24, 2.45) is 11.8 Å². The van der Waals surface area contributed by atoms with E-state index in [2.05, 4.69) is 37.9 Å². The van der Waals surface area contributed by atoms with E-state index in [4.69, 9.17) is 0 Å².